The van der Waals surface area contributed by atoms with Gasteiger partial charge in [-0.3, -0.25) is 0 Å². The molecule has 1 aliphatic rings. The number of aromatic nitrogens is 2. The minimum Gasteiger partial charge on any atom is -0.339 e. The van der Waals surface area contributed by atoms with Crippen LogP contribution in [0.5, 0.6) is 0 Å². The summed E-state index contributed by atoms with van der Waals surface area (Å²) in [5, 5.41) is 8.11. The quantitative estimate of drug-likeness (QED) is 0.933. The van der Waals surface area contributed by atoms with Crippen molar-refractivity contribution in [2.24, 2.45) is 5.92 Å². The molecule has 1 fully saturated rings. The summed E-state index contributed by atoms with van der Waals surface area (Å²) < 4.78 is 5.31. The van der Waals surface area contributed by atoms with Gasteiger partial charge >= 0.3 is 0 Å². The summed E-state index contributed by atoms with van der Waals surface area (Å²) in [5.74, 6) is 2.09. The smallest absolute Gasteiger partial charge is 0.226 e. The van der Waals surface area contributed by atoms with Crippen molar-refractivity contribution in [3.63, 3.8) is 0 Å². The molecule has 2 heterocycles. The van der Waals surface area contributed by atoms with Crippen molar-refractivity contribution in [2.45, 2.75) is 19.3 Å². The SMILES string of the molecule is Clc1cccc(Cc2noc(CC3CCNC3)n2)c1. The summed E-state index contributed by atoms with van der Waals surface area (Å²) >= 11 is 5.96. The highest BCUT2D eigenvalue weighted by Crippen LogP contribution is 2.16. The van der Waals surface area contributed by atoms with Crippen LogP contribution in [0.25, 0.3) is 0 Å². The molecule has 1 aromatic carbocycles. The fourth-order valence-corrected chi connectivity index (χ4v) is 2.62. The third-order valence-corrected chi connectivity index (χ3v) is 3.62. The molecule has 5 heteroatoms. The summed E-state index contributed by atoms with van der Waals surface area (Å²) in [4.78, 5) is 4.45. The number of hydrogen-bond acceptors (Lipinski definition) is 4. The summed E-state index contributed by atoms with van der Waals surface area (Å²) in [6.07, 6.45) is 2.72. The van der Waals surface area contributed by atoms with Crippen LogP contribution in [0.1, 0.15) is 23.7 Å². The molecule has 2 aromatic rings. The van der Waals surface area contributed by atoms with Crippen molar-refractivity contribution in [3.05, 3.63) is 46.6 Å². The first-order valence-electron chi connectivity index (χ1n) is 6.56. The van der Waals surface area contributed by atoms with Gasteiger partial charge in [0.1, 0.15) is 0 Å². The van der Waals surface area contributed by atoms with Crippen LogP contribution in [-0.4, -0.2) is 23.2 Å². The van der Waals surface area contributed by atoms with Crippen molar-refractivity contribution in [1.29, 1.82) is 0 Å². The van der Waals surface area contributed by atoms with Crippen LogP contribution in [0.3, 0.4) is 0 Å². The monoisotopic (exact) mass is 277 g/mol. The molecule has 0 bridgehead atoms. The molecule has 0 saturated carbocycles. The third kappa shape index (κ3) is 3.33. The van der Waals surface area contributed by atoms with E-state index in [-0.39, 0.29) is 0 Å². The van der Waals surface area contributed by atoms with Crippen LogP contribution >= 0.6 is 11.6 Å². The van der Waals surface area contributed by atoms with Gasteiger partial charge in [-0.2, -0.15) is 4.98 Å². The predicted molar refractivity (Wildman–Crippen MR) is 73.2 cm³/mol. The van der Waals surface area contributed by atoms with Crippen molar-refractivity contribution in [1.82, 2.24) is 15.5 Å². The number of benzene rings is 1. The average molecular weight is 278 g/mol. The van der Waals surface area contributed by atoms with Gasteiger partial charge in [0, 0.05) is 17.9 Å². The van der Waals surface area contributed by atoms with E-state index in [1.54, 1.807) is 0 Å². The normalized spacial score (nSPS) is 18.9. The number of nitrogens with one attached hydrogen (secondary N) is 1. The minimum absolute atomic E-state index is 0.625. The largest absolute Gasteiger partial charge is 0.339 e. The first kappa shape index (κ1) is 12.6. The Balaban J connectivity index is 1.64. The highest BCUT2D eigenvalue weighted by molar-refractivity contribution is 6.30. The Morgan fingerprint density at radius 2 is 2.37 bits per heavy atom. The van der Waals surface area contributed by atoms with Crippen molar-refractivity contribution in [3.8, 4) is 0 Å². The lowest BCUT2D eigenvalue weighted by molar-refractivity contribution is 0.354. The molecule has 0 spiro atoms. The lowest BCUT2D eigenvalue weighted by atomic mass is 10.1. The zero-order valence-corrected chi connectivity index (χ0v) is 11.4. The number of hydrogen-bond donors (Lipinski definition) is 1. The molecule has 19 heavy (non-hydrogen) atoms. The summed E-state index contributed by atoms with van der Waals surface area (Å²) in [5.41, 5.74) is 1.10. The zero-order valence-electron chi connectivity index (χ0n) is 10.6. The standard InChI is InChI=1S/C14H16ClN3O/c15-12-3-1-2-10(6-12)7-13-17-14(19-18-13)8-11-4-5-16-9-11/h1-3,6,11,16H,4-5,7-9H2. The minimum atomic E-state index is 0.625. The van der Waals surface area contributed by atoms with Gasteiger partial charge in [-0.25, -0.2) is 0 Å². The first-order chi connectivity index (χ1) is 9.29. The van der Waals surface area contributed by atoms with Gasteiger partial charge in [0.25, 0.3) is 0 Å². The zero-order chi connectivity index (χ0) is 13.1. The van der Waals surface area contributed by atoms with Gasteiger partial charge in [0.05, 0.1) is 0 Å². The van der Waals surface area contributed by atoms with Crippen LogP contribution < -0.4 is 5.32 Å². The molecule has 1 aliphatic heterocycles. The Hall–Kier alpha value is -1.39. The maximum Gasteiger partial charge on any atom is 0.226 e. The number of halogens is 1. The van der Waals surface area contributed by atoms with Gasteiger partial charge in [0.2, 0.25) is 5.89 Å². The van der Waals surface area contributed by atoms with Crippen LogP contribution in [0.4, 0.5) is 0 Å². The number of nitrogens with zero attached hydrogens (tertiary/aromatic N) is 2. The van der Waals surface area contributed by atoms with Gasteiger partial charge in [-0.05, 0) is 43.1 Å². The van der Waals surface area contributed by atoms with Crippen molar-refractivity contribution < 1.29 is 4.52 Å². The van der Waals surface area contributed by atoms with E-state index >= 15 is 0 Å². The molecule has 1 saturated heterocycles. The van der Waals surface area contributed by atoms with E-state index in [1.807, 2.05) is 24.3 Å². The Bertz CT molecular complexity index is 549. The van der Waals surface area contributed by atoms with Gasteiger partial charge in [0.15, 0.2) is 5.82 Å². The maximum absolute atomic E-state index is 5.96. The molecule has 0 amide bonds. The molecule has 0 radical (unpaired) electrons. The van der Waals surface area contributed by atoms with Gasteiger partial charge in [-0.1, -0.05) is 28.9 Å². The molecule has 1 unspecified atom stereocenters. The summed E-state index contributed by atoms with van der Waals surface area (Å²) in [6.45, 7) is 2.14. The van der Waals surface area contributed by atoms with E-state index < -0.39 is 0 Å². The molecular formula is C14H16ClN3O. The predicted octanol–water partition coefficient (Wildman–Crippen LogP) is 2.47. The van der Waals surface area contributed by atoms with Crippen LogP contribution in [0.15, 0.2) is 28.8 Å². The molecule has 0 aliphatic carbocycles. The van der Waals surface area contributed by atoms with Crippen LogP contribution in [-0.2, 0) is 12.8 Å². The first-order valence-corrected chi connectivity index (χ1v) is 6.94. The molecule has 3 rings (SSSR count). The lowest BCUT2D eigenvalue weighted by Gasteiger charge is -2.01. The molecule has 1 atom stereocenters. The van der Waals surface area contributed by atoms with Crippen LogP contribution in [0, 0.1) is 5.92 Å². The lowest BCUT2D eigenvalue weighted by Crippen LogP contribution is -2.10. The van der Waals surface area contributed by atoms with E-state index in [4.69, 9.17) is 16.1 Å². The Morgan fingerprint density at radius 1 is 1.42 bits per heavy atom. The molecular weight excluding hydrogens is 262 g/mol. The third-order valence-electron chi connectivity index (χ3n) is 3.39. The summed E-state index contributed by atoms with van der Waals surface area (Å²) in [7, 11) is 0. The Labute approximate surface area is 117 Å². The molecule has 1 N–H and O–H groups in total. The summed E-state index contributed by atoms with van der Waals surface area (Å²) in [6, 6.07) is 7.74. The highest BCUT2D eigenvalue weighted by Gasteiger charge is 2.18. The van der Waals surface area contributed by atoms with Crippen LogP contribution in [0.2, 0.25) is 5.02 Å². The average Bonchev–Trinajstić information content (AvgIpc) is 3.02. The fraction of sp³-hybridized carbons (Fsp3) is 0.429. The maximum atomic E-state index is 5.96. The second kappa shape index (κ2) is 5.72. The molecule has 100 valence electrons. The second-order valence-electron chi connectivity index (χ2n) is 4.97. The van der Waals surface area contributed by atoms with E-state index in [1.165, 1.54) is 6.42 Å². The van der Waals surface area contributed by atoms with Gasteiger partial charge < -0.3 is 9.84 Å². The number of rotatable bonds is 4. The van der Waals surface area contributed by atoms with Crippen molar-refractivity contribution >= 4 is 11.6 Å². The van der Waals surface area contributed by atoms with Gasteiger partial charge in [-0.15, -0.1) is 0 Å². The highest BCUT2D eigenvalue weighted by atomic mass is 35.5. The Morgan fingerprint density at radius 3 is 3.16 bits per heavy atom. The molecule has 1 aromatic heterocycles. The topological polar surface area (TPSA) is 51.0 Å². The van der Waals surface area contributed by atoms with E-state index in [0.29, 0.717) is 12.3 Å². The van der Waals surface area contributed by atoms with E-state index in [2.05, 4.69) is 15.5 Å². The van der Waals surface area contributed by atoms with E-state index in [9.17, 15) is 0 Å². The second-order valence-corrected chi connectivity index (χ2v) is 5.41. The Kier molecular flexibility index (Phi) is 3.80. The molecule has 4 nitrogen and oxygen atoms in total. The van der Waals surface area contributed by atoms with Crippen molar-refractivity contribution in [2.75, 3.05) is 13.1 Å². The van der Waals surface area contributed by atoms with E-state index in [0.717, 1.165) is 41.8 Å². The fourth-order valence-electron chi connectivity index (χ4n) is 2.41.